The second kappa shape index (κ2) is 5.34. The molecule has 2 rings (SSSR count). The van der Waals surface area contributed by atoms with E-state index >= 15 is 0 Å². The highest BCUT2D eigenvalue weighted by Crippen LogP contribution is 2.24. The fourth-order valence-electron chi connectivity index (χ4n) is 1.55. The van der Waals surface area contributed by atoms with Gasteiger partial charge in [-0.05, 0) is 31.2 Å². The Morgan fingerprint density at radius 2 is 1.95 bits per heavy atom. The van der Waals surface area contributed by atoms with Crippen molar-refractivity contribution in [3.8, 4) is 11.3 Å². The van der Waals surface area contributed by atoms with Crippen LogP contribution in [0.2, 0.25) is 0 Å². The van der Waals surface area contributed by atoms with Crippen molar-refractivity contribution in [3.05, 3.63) is 52.3 Å². The zero-order valence-electron chi connectivity index (χ0n) is 10.2. The molecular weight excluding hydrogens is 250 g/mol. The van der Waals surface area contributed by atoms with Gasteiger partial charge >= 0.3 is 5.97 Å². The van der Waals surface area contributed by atoms with Gasteiger partial charge in [0.1, 0.15) is 5.76 Å². The van der Waals surface area contributed by atoms with E-state index < -0.39 is 10.9 Å². The minimum atomic E-state index is -0.532. The second-order valence-electron chi connectivity index (χ2n) is 3.69. The molecule has 6 heteroatoms. The van der Waals surface area contributed by atoms with Gasteiger partial charge in [0.2, 0.25) is 5.76 Å². The van der Waals surface area contributed by atoms with Crippen molar-refractivity contribution in [1.29, 1.82) is 0 Å². The lowest BCUT2D eigenvalue weighted by Crippen LogP contribution is -2.02. The van der Waals surface area contributed by atoms with Gasteiger partial charge in [-0.2, -0.15) is 0 Å². The third kappa shape index (κ3) is 2.79. The van der Waals surface area contributed by atoms with Crippen molar-refractivity contribution in [1.82, 2.24) is 0 Å². The van der Waals surface area contributed by atoms with Crippen LogP contribution >= 0.6 is 0 Å². The van der Waals surface area contributed by atoms with Gasteiger partial charge in [0.05, 0.1) is 11.5 Å². The molecular formula is C13H11NO5. The molecule has 0 aliphatic rings. The summed E-state index contributed by atoms with van der Waals surface area (Å²) in [5, 5.41) is 10.5. The lowest BCUT2D eigenvalue weighted by atomic mass is 10.1. The van der Waals surface area contributed by atoms with Gasteiger partial charge in [-0.15, -0.1) is 0 Å². The van der Waals surface area contributed by atoms with Gasteiger partial charge in [-0.25, -0.2) is 4.79 Å². The van der Waals surface area contributed by atoms with Crippen molar-refractivity contribution in [2.24, 2.45) is 0 Å². The molecule has 0 spiro atoms. The largest absolute Gasteiger partial charge is 0.460 e. The summed E-state index contributed by atoms with van der Waals surface area (Å²) in [5.74, 6) is 0.0313. The third-order valence-corrected chi connectivity index (χ3v) is 2.45. The molecule has 0 aliphatic heterocycles. The Kier molecular flexibility index (Phi) is 3.61. The summed E-state index contributed by atoms with van der Waals surface area (Å²) in [4.78, 5) is 21.5. The number of hydrogen-bond donors (Lipinski definition) is 0. The summed E-state index contributed by atoms with van der Waals surface area (Å²) < 4.78 is 10.1. The summed E-state index contributed by atoms with van der Waals surface area (Å²) in [5.41, 5.74) is 0.655. The summed E-state index contributed by atoms with van der Waals surface area (Å²) >= 11 is 0. The van der Waals surface area contributed by atoms with Gasteiger partial charge in [0.15, 0.2) is 0 Å². The molecule has 1 aromatic heterocycles. The van der Waals surface area contributed by atoms with Crippen LogP contribution in [0.4, 0.5) is 5.69 Å². The molecule has 6 nitrogen and oxygen atoms in total. The fourth-order valence-corrected chi connectivity index (χ4v) is 1.55. The van der Waals surface area contributed by atoms with E-state index in [0.29, 0.717) is 11.3 Å². The Morgan fingerprint density at radius 1 is 1.26 bits per heavy atom. The second-order valence-corrected chi connectivity index (χ2v) is 3.69. The molecule has 1 aromatic carbocycles. The molecule has 1 heterocycles. The zero-order valence-corrected chi connectivity index (χ0v) is 10.2. The highest BCUT2D eigenvalue weighted by molar-refractivity contribution is 5.87. The molecule has 0 N–H and O–H groups in total. The van der Waals surface area contributed by atoms with Crippen LogP contribution in [0.25, 0.3) is 11.3 Å². The molecule has 0 amide bonds. The monoisotopic (exact) mass is 261 g/mol. The first-order valence-electron chi connectivity index (χ1n) is 5.63. The maximum Gasteiger partial charge on any atom is 0.374 e. The van der Waals surface area contributed by atoms with Crippen molar-refractivity contribution in [2.45, 2.75) is 6.92 Å². The predicted octanol–water partition coefficient (Wildman–Crippen LogP) is 3.03. The number of esters is 1. The number of nitro benzene ring substituents is 1. The van der Waals surface area contributed by atoms with E-state index in [-0.39, 0.29) is 18.1 Å². The van der Waals surface area contributed by atoms with Crippen LogP contribution in [0.15, 0.2) is 40.8 Å². The number of benzene rings is 1. The van der Waals surface area contributed by atoms with Crippen molar-refractivity contribution in [3.63, 3.8) is 0 Å². The van der Waals surface area contributed by atoms with Gasteiger partial charge in [-0.3, -0.25) is 10.1 Å². The molecule has 2 aromatic rings. The van der Waals surface area contributed by atoms with E-state index in [1.54, 1.807) is 25.1 Å². The minimum Gasteiger partial charge on any atom is -0.460 e. The first kappa shape index (κ1) is 12.8. The maximum absolute atomic E-state index is 11.4. The molecule has 0 radical (unpaired) electrons. The lowest BCUT2D eigenvalue weighted by molar-refractivity contribution is -0.384. The van der Waals surface area contributed by atoms with Gasteiger partial charge in [-0.1, -0.05) is 0 Å². The van der Waals surface area contributed by atoms with Crippen LogP contribution in [-0.2, 0) is 4.74 Å². The fraction of sp³-hybridized carbons (Fsp3) is 0.154. The van der Waals surface area contributed by atoms with Crippen LogP contribution in [0, 0.1) is 10.1 Å². The van der Waals surface area contributed by atoms with Gasteiger partial charge in [0, 0.05) is 17.7 Å². The van der Waals surface area contributed by atoms with E-state index in [9.17, 15) is 14.9 Å². The van der Waals surface area contributed by atoms with Gasteiger partial charge in [0.25, 0.3) is 5.69 Å². The van der Waals surface area contributed by atoms with E-state index in [4.69, 9.17) is 9.15 Å². The number of carbonyl (C=O) groups is 1. The lowest BCUT2D eigenvalue weighted by Gasteiger charge is -1.98. The Hall–Kier alpha value is -2.63. The number of carbonyl (C=O) groups excluding carboxylic acids is 1. The van der Waals surface area contributed by atoms with Crippen molar-refractivity contribution < 1.29 is 18.9 Å². The molecule has 0 saturated heterocycles. The molecule has 0 fully saturated rings. The molecule has 19 heavy (non-hydrogen) atoms. The van der Waals surface area contributed by atoms with Crippen LogP contribution in [0.5, 0.6) is 0 Å². The molecule has 0 saturated carbocycles. The summed E-state index contributed by atoms with van der Waals surface area (Å²) in [6.45, 7) is 1.98. The first-order valence-corrected chi connectivity index (χ1v) is 5.63. The quantitative estimate of drug-likeness (QED) is 0.480. The van der Waals surface area contributed by atoms with Crippen LogP contribution in [0.1, 0.15) is 17.5 Å². The average molecular weight is 261 g/mol. The molecule has 0 atom stereocenters. The summed E-state index contributed by atoms with van der Waals surface area (Å²) in [6, 6.07) is 9.00. The highest BCUT2D eigenvalue weighted by Gasteiger charge is 2.13. The Morgan fingerprint density at radius 3 is 2.53 bits per heavy atom. The highest BCUT2D eigenvalue weighted by atomic mass is 16.6. The predicted molar refractivity (Wildman–Crippen MR) is 66.8 cm³/mol. The normalized spacial score (nSPS) is 10.2. The van der Waals surface area contributed by atoms with E-state index in [1.165, 1.54) is 18.2 Å². The van der Waals surface area contributed by atoms with E-state index in [2.05, 4.69) is 0 Å². The van der Waals surface area contributed by atoms with Crippen LogP contribution in [0.3, 0.4) is 0 Å². The smallest absolute Gasteiger partial charge is 0.374 e. The van der Waals surface area contributed by atoms with Crippen LogP contribution < -0.4 is 0 Å². The topological polar surface area (TPSA) is 82.6 Å². The Bertz CT molecular complexity index is 600. The van der Waals surface area contributed by atoms with Crippen LogP contribution in [-0.4, -0.2) is 17.5 Å². The summed E-state index contributed by atoms with van der Waals surface area (Å²) in [7, 11) is 0. The minimum absolute atomic E-state index is 0.000854. The molecule has 0 aliphatic carbocycles. The SMILES string of the molecule is CCOC(=O)c1ccc(-c2ccc([N+](=O)[O-])cc2)o1. The number of furan rings is 1. The summed E-state index contributed by atoms with van der Waals surface area (Å²) in [6.07, 6.45) is 0. The molecule has 0 bridgehead atoms. The van der Waals surface area contributed by atoms with Crippen molar-refractivity contribution in [2.75, 3.05) is 6.61 Å². The Labute approximate surface area is 108 Å². The number of non-ortho nitro benzene ring substituents is 1. The average Bonchev–Trinajstić information content (AvgIpc) is 2.89. The van der Waals surface area contributed by atoms with E-state index in [0.717, 1.165) is 0 Å². The number of nitro groups is 1. The first-order chi connectivity index (χ1) is 9.11. The van der Waals surface area contributed by atoms with E-state index in [1.807, 2.05) is 0 Å². The molecule has 0 unspecified atom stereocenters. The van der Waals surface area contributed by atoms with Crippen molar-refractivity contribution >= 4 is 11.7 Å². The zero-order chi connectivity index (χ0) is 13.8. The third-order valence-electron chi connectivity index (χ3n) is 2.45. The Balaban J connectivity index is 2.23. The molecule has 98 valence electrons. The number of rotatable bonds is 4. The standard InChI is InChI=1S/C13H11NO5/c1-2-18-13(15)12-8-7-11(19-12)9-3-5-10(6-4-9)14(16)17/h3-8H,2H2,1H3. The number of ether oxygens (including phenoxy) is 1. The number of hydrogen-bond acceptors (Lipinski definition) is 5. The maximum atomic E-state index is 11.4. The number of nitrogens with zero attached hydrogens (tertiary/aromatic N) is 1. The van der Waals surface area contributed by atoms with Gasteiger partial charge < -0.3 is 9.15 Å².